The summed E-state index contributed by atoms with van der Waals surface area (Å²) in [6.45, 7) is 6.58. The molecule has 5 heteroatoms. The number of amides is 1. The summed E-state index contributed by atoms with van der Waals surface area (Å²) in [6, 6.07) is 0. The number of hydrogen-bond acceptors (Lipinski definition) is 4. The van der Waals surface area contributed by atoms with Crippen molar-refractivity contribution in [1.29, 1.82) is 0 Å². The molecule has 2 N–H and O–H groups in total. The Morgan fingerprint density at radius 1 is 1.50 bits per heavy atom. The van der Waals surface area contributed by atoms with Crippen LogP contribution >= 0.6 is 11.3 Å². The van der Waals surface area contributed by atoms with Gasteiger partial charge in [0.15, 0.2) is 0 Å². The van der Waals surface area contributed by atoms with Crippen LogP contribution in [0, 0.1) is 5.92 Å². The monoisotopic (exact) mass is 296 g/mol. The molecule has 1 aliphatic rings. The van der Waals surface area contributed by atoms with Crippen LogP contribution in [0.2, 0.25) is 0 Å². The smallest absolute Gasteiger partial charge is 0.263 e. The van der Waals surface area contributed by atoms with E-state index in [0.29, 0.717) is 17.3 Å². The topological polar surface area (TPSA) is 62.2 Å². The minimum Gasteiger partial charge on any atom is -0.391 e. The van der Waals surface area contributed by atoms with Crippen LogP contribution in [-0.2, 0) is 5.41 Å². The highest BCUT2D eigenvalue weighted by atomic mass is 32.1. The van der Waals surface area contributed by atoms with E-state index in [4.69, 9.17) is 0 Å². The van der Waals surface area contributed by atoms with Crippen LogP contribution in [0.5, 0.6) is 0 Å². The lowest BCUT2D eigenvalue weighted by molar-refractivity contribution is 0.0843. The van der Waals surface area contributed by atoms with Crippen molar-refractivity contribution in [2.75, 3.05) is 6.54 Å². The zero-order chi connectivity index (χ0) is 14.8. The lowest BCUT2D eigenvalue weighted by Gasteiger charge is -2.17. The molecule has 1 aromatic rings. The Morgan fingerprint density at radius 2 is 2.15 bits per heavy atom. The van der Waals surface area contributed by atoms with Crippen molar-refractivity contribution in [3.8, 4) is 0 Å². The average Bonchev–Trinajstić information content (AvgIpc) is 3.04. The molecule has 0 aromatic carbocycles. The molecule has 1 fully saturated rings. The van der Waals surface area contributed by atoms with Crippen LogP contribution in [-0.4, -0.2) is 28.6 Å². The first-order chi connectivity index (χ1) is 9.38. The maximum Gasteiger partial charge on any atom is 0.263 e. The van der Waals surface area contributed by atoms with E-state index < -0.39 is 6.10 Å². The fraction of sp³-hybridized carbons (Fsp3) is 0.733. The number of aliphatic hydroxyl groups excluding tert-OH is 1. The van der Waals surface area contributed by atoms with Crippen LogP contribution in [0.3, 0.4) is 0 Å². The van der Waals surface area contributed by atoms with E-state index in [1.165, 1.54) is 24.2 Å². The molecule has 1 aromatic heterocycles. The molecular formula is C15H24N2O2S. The minimum absolute atomic E-state index is 0.0352. The number of carbonyl (C=O) groups excluding carboxylic acids is 1. The Bertz CT molecular complexity index is 459. The lowest BCUT2D eigenvalue weighted by Crippen LogP contribution is -2.35. The van der Waals surface area contributed by atoms with Gasteiger partial charge in [0.25, 0.3) is 5.91 Å². The van der Waals surface area contributed by atoms with Crippen LogP contribution in [0.1, 0.15) is 61.1 Å². The van der Waals surface area contributed by atoms with E-state index in [9.17, 15) is 9.90 Å². The maximum absolute atomic E-state index is 12.1. The predicted octanol–water partition coefficient (Wildman–Crippen LogP) is 2.72. The molecule has 2 rings (SSSR count). The quantitative estimate of drug-likeness (QED) is 0.898. The van der Waals surface area contributed by atoms with E-state index >= 15 is 0 Å². The van der Waals surface area contributed by atoms with Gasteiger partial charge >= 0.3 is 0 Å². The number of aromatic nitrogens is 1. The largest absolute Gasteiger partial charge is 0.391 e. The van der Waals surface area contributed by atoms with Gasteiger partial charge in [-0.25, -0.2) is 4.98 Å². The predicted molar refractivity (Wildman–Crippen MR) is 81.1 cm³/mol. The highest BCUT2D eigenvalue weighted by molar-refractivity contribution is 7.13. The van der Waals surface area contributed by atoms with Gasteiger partial charge in [0.1, 0.15) is 4.88 Å². The van der Waals surface area contributed by atoms with Crippen molar-refractivity contribution in [3.63, 3.8) is 0 Å². The van der Waals surface area contributed by atoms with Crippen LogP contribution in [0.4, 0.5) is 0 Å². The molecule has 4 nitrogen and oxygen atoms in total. The first kappa shape index (κ1) is 15.4. The number of nitrogens with one attached hydrogen (secondary N) is 1. The van der Waals surface area contributed by atoms with Gasteiger partial charge in [0.2, 0.25) is 0 Å². The Morgan fingerprint density at radius 3 is 2.70 bits per heavy atom. The Hall–Kier alpha value is -0.940. The number of thiazole rings is 1. The zero-order valence-corrected chi connectivity index (χ0v) is 13.3. The van der Waals surface area contributed by atoms with Gasteiger partial charge in [-0.05, 0) is 18.8 Å². The summed E-state index contributed by atoms with van der Waals surface area (Å²) >= 11 is 1.43. The molecule has 0 aliphatic heterocycles. The molecule has 1 heterocycles. The second-order valence-electron chi connectivity index (χ2n) is 6.60. The third-order valence-electron chi connectivity index (χ3n) is 3.79. The van der Waals surface area contributed by atoms with Gasteiger partial charge in [-0.2, -0.15) is 0 Å². The van der Waals surface area contributed by atoms with Gasteiger partial charge in [-0.15, -0.1) is 11.3 Å². The van der Waals surface area contributed by atoms with Crippen molar-refractivity contribution in [1.82, 2.24) is 10.3 Å². The summed E-state index contributed by atoms with van der Waals surface area (Å²) in [5.41, 5.74) is -0.0352. The first-order valence-electron chi connectivity index (χ1n) is 7.30. The van der Waals surface area contributed by atoms with E-state index in [-0.39, 0.29) is 11.3 Å². The summed E-state index contributed by atoms with van der Waals surface area (Å²) in [6.07, 6.45) is 5.75. The fourth-order valence-electron chi connectivity index (χ4n) is 2.52. The fourth-order valence-corrected chi connectivity index (χ4v) is 3.41. The maximum atomic E-state index is 12.1. The average molecular weight is 296 g/mol. The first-order valence-corrected chi connectivity index (χ1v) is 8.12. The molecular weight excluding hydrogens is 272 g/mol. The van der Waals surface area contributed by atoms with Crippen LogP contribution in [0.25, 0.3) is 0 Å². The van der Waals surface area contributed by atoms with Crippen LogP contribution < -0.4 is 5.32 Å². The Kier molecular flexibility index (Phi) is 4.81. The van der Waals surface area contributed by atoms with Crippen molar-refractivity contribution in [3.05, 3.63) is 16.1 Å². The lowest BCUT2D eigenvalue weighted by atomic mass is 9.98. The summed E-state index contributed by atoms with van der Waals surface area (Å²) < 4.78 is 0. The standard InChI is InChI=1S/C15H24N2O2S/c1-15(2,3)14-17-9-12(20-14)13(19)16-8-11(18)10-6-4-5-7-10/h9-11,18H,4-8H2,1-3H3,(H,16,19). The molecule has 1 amide bonds. The molecule has 0 spiro atoms. The Balaban J connectivity index is 1.87. The molecule has 0 radical (unpaired) electrons. The number of carbonyl (C=O) groups is 1. The zero-order valence-electron chi connectivity index (χ0n) is 12.5. The Labute approximate surface area is 124 Å². The molecule has 1 aliphatic carbocycles. The number of rotatable bonds is 4. The highest BCUT2D eigenvalue weighted by Crippen LogP contribution is 2.28. The second-order valence-corrected chi connectivity index (χ2v) is 7.63. The van der Waals surface area contributed by atoms with E-state index in [1.54, 1.807) is 6.20 Å². The summed E-state index contributed by atoms with van der Waals surface area (Å²) in [5.74, 6) is 0.219. The molecule has 1 saturated carbocycles. The van der Waals surface area contributed by atoms with E-state index in [1.807, 2.05) is 0 Å². The highest BCUT2D eigenvalue weighted by Gasteiger charge is 2.24. The van der Waals surface area contributed by atoms with Crippen LogP contribution in [0.15, 0.2) is 6.20 Å². The van der Waals surface area contributed by atoms with Crippen molar-refractivity contribution < 1.29 is 9.90 Å². The van der Waals surface area contributed by atoms with Gasteiger partial charge in [0, 0.05) is 12.0 Å². The summed E-state index contributed by atoms with van der Waals surface area (Å²) in [5, 5.41) is 13.8. The van der Waals surface area contributed by atoms with Gasteiger partial charge in [-0.3, -0.25) is 4.79 Å². The molecule has 0 saturated heterocycles. The number of nitrogens with zero attached hydrogens (tertiary/aromatic N) is 1. The molecule has 112 valence electrons. The molecule has 1 unspecified atom stereocenters. The third-order valence-corrected chi connectivity index (χ3v) is 5.21. The SMILES string of the molecule is CC(C)(C)c1ncc(C(=O)NCC(O)C2CCCC2)s1. The van der Waals surface area contributed by atoms with E-state index in [0.717, 1.165) is 17.8 Å². The van der Waals surface area contributed by atoms with Gasteiger partial charge in [-0.1, -0.05) is 33.6 Å². The second kappa shape index (κ2) is 6.22. The molecule has 20 heavy (non-hydrogen) atoms. The number of hydrogen-bond donors (Lipinski definition) is 2. The van der Waals surface area contributed by atoms with E-state index in [2.05, 4.69) is 31.1 Å². The van der Waals surface area contributed by atoms with Crippen molar-refractivity contribution in [2.45, 2.75) is 58.0 Å². The minimum atomic E-state index is -0.420. The summed E-state index contributed by atoms with van der Waals surface area (Å²) in [4.78, 5) is 17.0. The van der Waals surface area contributed by atoms with Crippen molar-refractivity contribution in [2.24, 2.45) is 5.92 Å². The van der Waals surface area contributed by atoms with Gasteiger partial charge < -0.3 is 10.4 Å². The summed E-state index contributed by atoms with van der Waals surface area (Å²) in [7, 11) is 0. The molecule has 0 bridgehead atoms. The normalized spacial score (nSPS) is 18.2. The number of aliphatic hydroxyl groups is 1. The third kappa shape index (κ3) is 3.79. The van der Waals surface area contributed by atoms with Crippen molar-refractivity contribution >= 4 is 17.2 Å². The molecule has 1 atom stereocenters. The van der Waals surface area contributed by atoms with Gasteiger partial charge in [0.05, 0.1) is 17.3 Å².